The quantitative estimate of drug-likeness (QED) is 0.698. The molecule has 1 atom stereocenters. The molecule has 6 heteroatoms. The lowest BCUT2D eigenvalue weighted by molar-refractivity contribution is -0.143. The Morgan fingerprint density at radius 2 is 1.85 bits per heavy atom. The molecule has 0 aromatic heterocycles. The second kappa shape index (κ2) is 8.58. The number of hydrogen-bond acceptors (Lipinski definition) is 5. The predicted octanol–water partition coefficient (Wildman–Crippen LogP) is 3.57. The summed E-state index contributed by atoms with van der Waals surface area (Å²) in [4.78, 5) is 26.7. The Morgan fingerprint density at radius 1 is 1.11 bits per heavy atom. The van der Waals surface area contributed by atoms with Crippen molar-refractivity contribution in [2.75, 3.05) is 19.9 Å². The lowest BCUT2D eigenvalue weighted by Gasteiger charge is -2.29. The van der Waals surface area contributed by atoms with E-state index in [0.717, 1.165) is 5.56 Å². The Labute approximate surface area is 158 Å². The first-order valence-corrected chi connectivity index (χ1v) is 9.01. The van der Waals surface area contributed by atoms with Crippen LogP contribution in [-0.2, 0) is 9.53 Å². The third-order valence-corrected chi connectivity index (χ3v) is 4.49. The molecule has 1 unspecified atom stereocenters. The van der Waals surface area contributed by atoms with Crippen LogP contribution in [-0.4, -0.2) is 36.7 Å². The zero-order chi connectivity index (χ0) is 19.2. The van der Waals surface area contributed by atoms with Crippen LogP contribution in [0.4, 0.5) is 0 Å². The van der Waals surface area contributed by atoms with Crippen molar-refractivity contribution >= 4 is 11.9 Å². The van der Waals surface area contributed by atoms with Gasteiger partial charge in [-0.2, -0.15) is 0 Å². The maximum Gasteiger partial charge on any atom is 0.307 e. The minimum atomic E-state index is -0.318. The highest BCUT2D eigenvalue weighted by molar-refractivity contribution is 5.95. The zero-order valence-corrected chi connectivity index (χ0v) is 15.5. The van der Waals surface area contributed by atoms with E-state index in [1.54, 1.807) is 30.0 Å². The van der Waals surface area contributed by atoms with Crippen LogP contribution in [0.3, 0.4) is 0 Å². The van der Waals surface area contributed by atoms with Crippen molar-refractivity contribution in [2.24, 2.45) is 0 Å². The van der Waals surface area contributed by atoms with Gasteiger partial charge in [-0.25, -0.2) is 0 Å². The van der Waals surface area contributed by atoms with Crippen LogP contribution in [0, 0.1) is 0 Å². The van der Waals surface area contributed by atoms with Gasteiger partial charge in [0, 0.05) is 12.1 Å². The van der Waals surface area contributed by atoms with E-state index in [4.69, 9.17) is 14.2 Å². The number of carbonyl (C=O) groups is 2. The maximum atomic E-state index is 13.2. The van der Waals surface area contributed by atoms with E-state index in [1.807, 2.05) is 37.3 Å². The van der Waals surface area contributed by atoms with E-state index in [-0.39, 0.29) is 37.7 Å². The summed E-state index contributed by atoms with van der Waals surface area (Å²) in [6.07, 6.45) is 0.140. The number of nitrogens with zero attached hydrogens (tertiary/aromatic N) is 1. The predicted molar refractivity (Wildman–Crippen MR) is 99.7 cm³/mol. The van der Waals surface area contributed by atoms with Gasteiger partial charge in [-0.3, -0.25) is 9.59 Å². The average molecular weight is 369 g/mol. The van der Waals surface area contributed by atoms with Gasteiger partial charge < -0.3 is 19.1 Å². The van der Waals surface area contributed by atoms with Crippen molar-refractivity contribution < 1.29 is 23.8 Å². The van der Waals surface area contributed by atoms with Gasteiger partial charge in [0.15, 0.2) is 11.5 Å². The van der Waals surface area contributed by atoms with Crippen molar-refractivity contribution in [1.82, 2.24) is 4.90 Å². The van der Waals surface area contributed by atoms with Crippen LogP contribution < -0.4 is 9.47 Å². The second-order valence-electron chi connectivity index (χ2n) is 6.21. The monoisotopic (exact) mass is 369 g/mol. The van der Waals surface area contributed by atoms with Crippen molar-refractivity contribution in [2.45, 2.75) is 26.3 Å². The van der Waals surface area contributed by atoms with Gasteiger partial charge in [-0.05, 0) is 37.6 Å². The highest BCUT2D eigenvalue weighted by Crippen LogP contribution is 2.33. The number of carbonyl (C=O) groups excluding carboxylic acids is 2. The molecule has 0 saturated carbocycles. The molecule has 142 valence electrons. The molecular weight excluding hydrogens is 346 g/mol. The molecule has 0 spiro atoms. The minimum absolute atomic E-state index is 0.140. The van der Waals surface area contributed by atoms with Gasteiger partial charge in [0.05, 0.1) is 19.1 Å². The Kier molecular flexibility index (Phi) is 5.96. The summed E-state index contributed by atoms with van der Waals surface area (Å²) < 4.78 is 15.7. The topological polar surface area (TPSA) is 65.1 Å². The highest BCUT2D eigenvalue weighted by atomic mass is 16.7. The summed E-state index contributed by atoms with van der Waals surface area (Å²) in [7, 11) is 0. The fraction of sp³-hybridized carbons (Fsp3) is 0.333. The summed E-state index contributed by atoms with van der Waals surface area (Å²) in [6.45, 7) is 4.46. The van der Waals surface area contributed by atoms with E-state index < -0.39 is 0 Å². The number of hydrogen-bond donors (Lipinski definition) is 0. The Morgan fingerprint density at radius 3 is 2.59 bits per heavy atom. The van der Waals surface area contributed by atoms with Gasteiger partial charge in [0.2, 0.25) is 6.79 Å². The molecule has 1 aliphatic heterocycles. The number of esters is 1. The second-order valence-corrected chi connectivity index (χ2v) is 6.21. The lowest BCUT2D eigenvalue weighted by Crippen LogP contribution is -2.35. The minimum Gasteiger partial charge on any atom is -0.466 e. The van der Waals surface area contributed by atoms with Crippen molar-refractivity contribution in [3.63, 3.8) is 0 Å². The normalized spacial score (nSPS) is 13.1. The molecule has 0 aliphatic carbocycles. The fourth-order valence-corrected chi connectivity index (χ4v) is 3.02. The molecule has 6 nitrogen and oxygen atoms in total. The van der Waals surface area contributed by atoms with Crippen LogP contribution in [0.15, 0.2) is 48.5 Å². The summed E-state index contributed by atoms with van der Waals surface area (Å²) in [5, 5.41) is 0. The van der Waals surface area contributed by atoms with Gasteiger partial charge in [-0.1, -0.05) is 30.3 Å². The van der Waals surface area contributed by atoms with Crippen molar-refractivity contribution in [1.29, 1.82) is 0 Å². The maximum absolute atomic E-state index is 13.2. The molecule has 2 aromatic rings. The first-order chi connectivity index (χ1) is 13.1. The van der Waals surface area contributed by atoms with E-state index in [0.29, 0.717) is 23.7 Å². The van der Waals surface area contributed by atoms with Crippen molar-refractivity contribution in [3.05, 3.63) is 59.7 Å². The summed E-state index contributed by atoms with van der Waals surface area (Å²) in [6, 6.07) is 14.7. The van der Waals surface area contributed by atoms with E-state index in [1.165, 1.54) is 0 Å². The molecule has 1 aliphatic rings. The SMILES string of the molecule is CCOC(=O)CCN(C(=O)c1ccc2c(c1)OCO2)C(C)c1ccccc1. The van der Waals surface area contributed by atoms with Gasteiger partial charge in [0.25, 0.3) is 5.91 Å². The number of rotatable bonds is 7. The molecule has 0 fully saturated rings. The molecule has 0 N–H and O–H groups in total. The molecule has 0 bridgehead atoms. The summed E-state index contributed by atoms with van der Waals surface area (Å²) in [5.41, 5.74) is 1.49. The van der Waals surface area contributed by atoms with Gasteiger partial charge in [0.1, 0.15) is 0 Å². The molecule has 3 rings (SSSR count). The Bertz CT molecular complexity index is 805. The average Bonchev–Trinajstić information content (AvgIpc) is 3.16. The smallest absolute Gasteiger partial charge is 0.307 e. The Hall–Kier alpha value is -3.02. The standard InChI is InChI=1S/C21H23NO5/c1-3-25-20(23)11-12-22(15(2)16-7-5-4-6-8-16)21(24)17-9-10-18-19(13-17)27-14-26-18/h4-10,13,15H,3,11-12,14H2,1-2H3. The number of benzene rings is 2. The van der Waals surface area contributed by atoms with E-state index in [9.17, 15) is 9.59 Å². The summed E-state index contributed by atoms with van der Waals surface area (Å²) in [5.74, 6) is 0.689. The van der Waals surface area contributed by atoms with Crippen LogP contribution >= 0.6 is 0 Å². The van der Waals surface area contributed by atoms with Crippen molar-refractivity contribution in [3.8, 4) is 11.5 Å². The molecule has 0 radical (unpaired) electrons. The Balaban J connectivity index is 1.83. The molecule has 1 heterocycles. The zero-order valence-electron chi connectivity index (χ0n) is 15.5. The van der Waals surface area contributed by atoms with Gasteiger partial charge >= 0.3 is 5.97 Å². The van der Waals surface area contributed by atoms with E-state index in [2.05, 4.69) is 0 Å². The van der Waals surface area contributed by atoms with Crippen LogP contribution in [0.5, 0.6) is 11.5 Å². The number of ether oxygens (including phenoxy) is 3. The summed E-state index contributed by atoms with van der Waals surface area (Å²) >= 11 is 0. The van der Waals surface area contributed by atoms with E-state index >= 15 is 0 Å². The molecule has 2 aromatic carbocycles. The highest BCUT2D eigenvalue weighted by Gasteiger charge is 2.25. The third-order valence-electron chi connectivity index (χ3n) is 4.49. The lowest BCUT2D eigenvalue weighted by atomic mass is 10.0. The van der Waals surface area contributed by atoms with Crippen LogP contribution in [0.1, 0.15) is 42.2 Å². The molecule has 1 amide bonds. The first-order valence-electron chi connectivity index (χ1n) is 9.01. The van der Waals surface area contributed by atoms with Crippen LogP contribution in [0.2, 0.25) is 0 Å². The number of fused-ring (bicyclic) bond motifs is 1. The molecular formula is C21H23NO5. The first kappa shape index (κ1) is 18.8. The molecule has 27 heavy (non-hydrogen) atoms. The molecule has 0 saturated heterocycles. The van der Waals surface area contributed by atoms with Gasteiger partial charge in [-0.15, -0.1) is 0 Å². The third kappa shape index (κ3) is 4.39. The fourth-order valence-electron chi connectivity index (χ4n) is 3.02. The van der Waals surface area contributed by atoms with Crippen LogP contribution in [0.25, 0.3) is 0 Å². The largest absolute Gasteiger partial charge is 0.466 e. The number of amides is 1.